The van der Waals surface area contributed by atoms with E-state index in [1.54, 1.807) is 7.11 Å². The van der Waals surface area contributed by atoms with Crippen LogP contribution in [0.4, 0.5) is 5.69 Å². The molecule has 1 aliphatic carbocycles. The standard InChI is InChI=1S/C17H24N2O2.ClH/c1-21-13(11-18)10-16(20)19-12-17(8-4-5-9-17)14-6-2-3-7-15(14)19;/h2-3,6-7,13H,4-5,8-12,18H2,1H3;1H. The zero-order valence-electron chi connectivity index (χ0n) is 13.1. The molecule has 1 aliphatic heterocycles. The first-order valence-corrected chi connectivity index (χ1v) is 7.83. The molecule has 1 heterocycles. The molecule has 122 valence electrons. The van der Waals surface area contributed by atoms with Crippen LogP contribution in [-0.2, 0) is 14.9 Å². The highest BCUT2D eigenvalue weighted by Gasteiger charge is 2.45. The highest BCUT2D eigenvalue weighted by molar-refractivity contribution is 5.96. The number of hydrogen-bond donors (Lipinski definition) is 1. The van der Waals surface area contributed by atoms with Gasteiger partial charge >= 0.3 is 0 Å². The van der Waals surface area contributed by atoms with Crippen molar-refractivity contribution < 1.29 is 9.53 Å². The first-order valence-electron chi connectivity index (χ1n) is 7.83. The molecule has 2 aliphatic rings. The molecule has 0 saturated heterocycles. The van der Waals surface area contributed by atoms with E-state index in [1.807, 2.05) is 11.0 Å². The number of ether oxygens (including phenoxy) is 1. The minimum Gasteiger partial charge on any atom is -0.380 e. The van der Waals surface area contributed by atoms with Gasteiger partial charge in [0.2, 0.25) is 5.91 Å². The van der Waals surface area contributed by atoms with Crippen LogP contribution in [0, 0.1) is 0 Å². The molecule has 1 aromatic rings. The largest absolute Gasteiger partial charge is 0.380 e. The van der Waals surface area contributed by atoms with E-state index in [4.69, 9.17) is 10.5 Å². The molecule has 0 radical (unpaired) electrons. The molecule has 0 aromatic heterocycles. The van der Waals surface area contributed by atoms with Gasteiger partial charge in [0.25, 0.3) is 0 Å². The fourth-order valence-corrected chi connectivity index (χ4v) is 3.90. The molecular weight excluding hydrogens is 300 g/mol. The number of para-hydroxylation sites is 1. The van der Waals surface area contributed by atoms with Crippen molar-refractivity contribution in [3.8, 4) is 0 Å². The molecular formula is C17H25ClN2O2. The zero-order chi connectivity index (χ0) is 14.9. The summed E-state index contributed by atoms with van der Waals surface area (Å²) in [6, 6.07) is 8.38. The van der Waals surface area contributed by atoms with Crippen LogP contribution in [0.25, 0.3) is 0 Å². The Morgan fingerprint density at radius 3 is 2.68 bits per heavy atom. The summed E-state index contributed by atoms with van der Waals surface area (Å²) >= 11 is 0. The van der Waals surface area contributed by atoms with Crippen LogP contribution < -0.4 is 10.6 Å². The fourth-order valence-electron chi connectivity index (χ4n) is 3.90. The van der Waals surface area contributed by atoms with Gasteiger partial charge in [0.05, 0.1) is 12.5 Å². The zero-order valence-corrected chi connectivity index (χ0v) is 13.9. The van der Waals surface area contributed by atoms with Crippen LogP contribution in [0.5, 0.6) is 0 Å². The van der Waals surface area contributed by atoms with E-state index in [0.717, 1.165) is 12.2 Å². The van der Waals surface area contributed by atoms with Crippen molar-refractivity contribution in [2.45, 2.75) is 43.6 Å². The van der Waals surface area contributed by atoms with E-state index in [2.05, 4.69) is 18.2 Å². The smallest absolute Gasteiger partial charge is 0.229 e. The highest BCUT2D eigenvalue weighted by Crippen LogP contribution is 2.50. The monoisotopic (exact) mass is 324 g/mol. The number of fused-ring (bicyclic) bond motifs is 2. The van der Waals surface area contributed by atoms with Gasteiger partial charge in [-0.2, -0.15) is 0 Å². The number of methoxy groups -OCH3 is 1. The Bertz CT molecular complexity index is 525. The number of rotatable bonds is 4. The number of nitrogens with zero attached hydrogens (tertiary/aromatic N) is 1. The normalized spacial score (nSPS) is 19.8. The van der Waals surface area contributed by atoms with Crippen LogP contribution in [0.1, 0.15) is 37.7 Å². The molecule has 4 nitrogen and oxygen atoms in total. The molecule has 0 bridgehead atoms. The molecule has 1 aromatic carbocycles. The number of carbonyl (C=O) groups is 1. The molecule has 1 saturated carbocycles. The fraction of sp³-hybridized carbons (Fsp3) is 0.588. The van der Waals surface area contributed by atoms with Crippen LogP contribution in [0.3, 0.4) is 0 Å². The Morgan fingerprint density at radius 1 is 1.36 bits per heavy atom. The van der Waals surface area contributed by atoms with E-state index in [0.29, 0.717) is 13.0 Å². The van der Waals surface area contributed by atoms with Gasteiger partial charge < -0.3 is 15.4 Å². The maximum absolute atomic E-state index is 12.7. The lowest BCUT2D eigenvalue weighted by molar-refractivity contribution is -0.120. The summed E-state index contributed by atoms with van der Waals surface area (Å²) in [6.45, 7) is 1.20. The van der Waals surface area contributed by atoms with E-state index in [9.17, 15) is 4.79 Å². The van der Waals surface area contributed by atoms with E-state index in [1.165, 1.54) is 31.2 Å². The number of nitrogens with two attached hydrogens (primary N) is 1. The SMILES string of the molecule is COC(CN)CC(=O)N1CC2(CCCC2)c2ccccc21.Cl. The third-order valence-electron chi connectivity index (χ3n) is 5.09. The van der Waals surface area contributed by atoms with Gasteiger partial charge in [-0.15, -0.1) is 12.4 Å². The number of halogens is 1. The average Bonchev–Trinajstić information content (AvgIpc) is 3.12. The second-order valence-corrected chi connectivity index (χ2v) is 6.28. The van der Waals surface area contributed by atoms with Gasteiger partial charge in [-0.25, -0.2) is 0 Å². The van der Waals surface area contributed by atoms with E-state index >= 15 is 0 Å². The van der Waals surface area contributed by atoms with Crippen molar-refractivity contribution in [1.82, 2.24) is 0 Å². The summed E-state index contributed by atoms with van der Waals surface area (Å²) in [5.41, 5.74) is 8.29. The summed E-state index contributed by atoms with van der Waals surface area (Å²) in [7, 11) is 1.61. The van der Waals surface area contributed by atoms with Crippen LogP contribution in [0.2, 0.25) is 0 Å². The topological polar surface area (TPSA) is 55.6 Å². The quantitative estimate of drug-likeness (QED) is 0.926. The predicted octanol–water partition coefficient (Wildman–Crippen LogP) is 2.63. The van der Waals surface area contributed by atoms with E-state index < -0.39 is 0 Å². The van der Waals surface area contributed by atoms with Crippen molar-refractivity contribution in [3.63, 3.8) is 0 Å². The molecule has 1 unspecified atom stereocenters. The summed E-state index contributed by atoms with van der Waals surface area (Å²) < 4.78 is 5.26. The van der Waals surface area contributed by atoms with Gasteiger partial charge in [-0.3, -0.25) is 4.79 Å². The first kappa shape index (κ1) is 17.3. The Balaban J connectivity index is 0.00000176. The van der Waals surface area contributed by atoms with Gasteiger partial charge in [-0.05, 0) is 24.5 Å². The molecule has 1 amide bonds. The lowest BCUT2D eigenvalue weighted by atomic mass is 9.81. The summed E-state index contributed by atoms with van der Waals surface area (Å²) in [4.78, 5) is 14.6. The van der Waals surface area contributed by atoms with Crippen LogP contribution >= 0.6 is 12.4 Å². The van der Waals surface area contributed by atoms with Crippen molar-refractivity contribution in [2.75, 3.05) is 25.1 Å². The lowest BCUT2D eigenvalue weighted by Gasteiger charge is -2.25. The number of benzene rings is 1. The molecule has 22 heavy (non-hydrogen) atoms. The second-order valence-electron chi connectivity index (χ2n) is 6.28. The Morgan fingerprint density at radius 2 is 2.05 bits per heavy atom. The van der Waals surface area contributed by atoms with Crippen LogP contribution in [0.15, 0.2) is 24.3 Å². The molecule has 2 N–H and O–H groups in total. The molecule has 1 atom stereocenters. The number of amides is 1. The Labute approximate surface area is 138 Å². The summed E-state index contributed by atoms with van der Waals surface area (Å²) in [5.74, 6) is 0.128. The van der Waals surface area contributed by atoms with E-state index in [-0.39, 0.29) is 29.8 Å². The molecule has 5 heteroatoms. The highest BCUT2D eigenvalue weighted by atomic mass is 35.5. The van der Waals surface area contributed by atoms with Crippen molar-refractivity contribution in [1.29, 1.82) is 0 Å². The van der Waals surface area contributed by atoms with Gasteiger partial charge in [0.15, 0.2) is 0 Å². The minimum absolute atomic E-state index is 0. The molecule has 1 fully saturated rings. The maximum Gasteiger partial charge on any atom is 0.229 e. The van der Waals surface area contributed by atoms with Gasteiger partial charge in [0.1, 0.15) is 0 Å². The third-order valence-corrected chi connectivity index (χ3v) is 5.09. The Hall–Kier alpha value is -1.10. The third kappa shape index (κ3) is 2.87. The first-order chi connectivity index (χ1) is 10.2. The van der Waals surface area contributed by atoms with Gasteiger partial charge in [-0.1, -0.05) is 31.0 Å². The summed E-state index contributed by atoms with van der Waals surface area (Å²) in [6.07, 6.45) is 5.08. The molecule has 3 rings (SSSR count). The maximum atomic E-state index is 12.7. The predicted molar refractivity (Wildman–Crippen MR) is 90.7 cm³/mol. The Kier molecular flexibility index (Phi) is 5.48. The van der Waals surface area contributed by atoms with Crippen molar-refractivity contribution >= 4 is 24.0 Å². The van der Waals surface area contributed by atoms with Crippen molar-refractivity contribution in [3.05, 3.63) is 29.8 Å². The summed E-state index contributed by atoms with van der Waals surface area (Å²) in [5, 5.41) is 0. The van der Waals surface area contributed by atoms with Gasteiger partial charge in [0, 0.05) is 31.3 Å². The van der Waals surface area contributed by atoms with Crippen LogP contribution in [-0.4, -0.2) is 32.2 Å². The number of carbonyl (C=O) groups excluding carboxylic acids is 1. The van der Waals surface area contributed by atoms with Crippen molar-refractivity contribution in [2.24, 2.45) is 5.73 Å². The average molecular weight is 325 g/mol. The second kappa shape index (κ2) is 6.99. The number of anilines is 1. The lowest BCUT2D eigenvalue weighted by Crippen LogP contribution is -2.38. The minimum atomic E-state index is -0.190. The number of hydrogen-bond acceptors (Lipinski definition) is 3. The molecule has 1 spiro atoms.